The fraction of sp³-hybridized carbons (Fsp3) is 0.500. The Morgan fingerprint density at radius 1 is 1.16 bits per heavy atom. The summed E-state index contributed by atoms with van der Waals surface area (Å²) < 4.78 is 0. The molecule has 0 saturated heterocycles. The van der Waals surface area contributed by atoms with Crippen molar-refractivity contribution in [2.75, 3.05) is 6.54 Å². The molecule has 0 aliphatic rings. The maximum Gasteiger partial charge on any atom is 0.224 e. The minimum absolute atomic E-state index is 0.0433. The molecule has 0 aliphatic carbocycles. The van der Waals surface area contributed by atoms with E-state index < -0.39 is 5.41 Å². The van der Waals surface area contributed by atoms with Gasteiger partial charge in [-0.2, -0.15) is 0 Å². The van der Waals surface area contributed by atoms with E-state index in [9.17, 15) is 9.59 Å². The van der Waals surface area contributed by atoms with Crippen molar-refractivity contribution in [3.8, 4) is 0 Å². The highest BCUT2D eigenvalue weighted by molar-refractivity contribution is 5.89. The van der Waals surface area contributed by atoms with E-state index in [1.807, 2.05) is 52.8 Å². The Kier molecular flexibility index (Phi) is 4.87. The van der Waals surface area contributed by atoms with E-state index in [-0.39, 0.29) is 18.2 Å². The molecule has 0 aliphatic heterocycles. The number of carbonyl (C=O) groups excluding carboxylic acids is 2. The molecule has 0 bridgehead atoms. The van der Waals surface area contributed by atoms with E-state index in [0.29, 0.717) is 6.42 Å². The largest absolute Gasteiger partial charge is 0.349 e. The molecule has 0 atom stereocenters. The van der Waals surface area contributed by atoms with Crippen molar-refractivity contribution in [3.63, 3.8) is 0 Å². The van der Waals surface area contributed by atoms with Crippen LogP contribution in [0.25, 0.3) is 0 Å². The molecular formula is C16H23NO2. The summed E-state index contributed by atoms with van der Waals surface area (Å²) in [5.41, 5.74) is 2.84. The van der Waals surface area contributed by atoms with Crippen LogP contribution in [-0.2, 0) is 16.0 Å². The molecule has 0 fully saturated rings. The molecule has 0 aromatic heterocycles. The maximum absolute atomic E-state index is 11.8. The van der Waals surface area contributed by atoms with Crippen LogP contribution in [0.4, 0.5) is 0 Å². The number of aryl methyl sites for hydroxylation is 2. The zero-order valence-corrected chi connectivity index (χ0v) is 12.5. The molecule has 0 radical (unpaired) electrons. The molecule has 0 heterocycles. The van der Waals surface area contributed by atoms with Crippen LogP contribution >= 0.6 is 0 Å². The Morgan fingerprint density at radius 2 is 1.79 bits per heavy atom. The lowest BCUT2D eigenvalue weighted by atomic mass is 9.91. The van der Waals surface area contributed by atoms with Gasteiger partial charge in [0.05, 0.1) is 13.0 Å². The highest BCUT2D eigenvalue weighted by atomic mass is 16.2. The minimum atomic E-state index is -0.410. The first kappa shape index (κ1) is 15.4. The van der Waals surface area contributed by atoms with E-state index in [4.69, 9.17) is 0 Å². The Morgan fingerprint density at radius 3 is 2.37 bits per heavy atom. The van der Waals surface area contributed by atoms with E-state index in [1.165, 1.54) is 0 Å². The number of benzene rings is 1. The summed E-state index contributed by atoms with van der Waals surface area (Å²) in [6.07, 6.45) is 0.324. The molecule has 104 valence electrons. The third-order valence-corrected chi connectivity index (χ3v) is 3.14. The fourth-order valence-corrected chi connectivity index (χ4v) is 1.67. The second kappa shape index (κ2) is 6.00. The molecule has 1 amide bonds. The van der Waals surface area contributed by atoms with Crippen LogP contribution in [0.3, 0.4) is 0 Å². The predicted molar refractivity (Wildman–Crippen MR) is 77.1 cm³/mol. The third-order valence-electron chi connectivity index (χ3n) is 3.14. The van der Waals surface area contributed by atoms with Crippen molar-refractivity contribution < 1.29 is 9.59 Å². The summed E-state index contributed by atoms with van der Waals surface area (Å²) in [5, 5.41) is 2.70. The minimum Gasteiger partial charge on any atom is -0.349 e. The molecule has 1 N–H and O–H groups in total. The lowest BCUT2D eigenvalue weighted by Crippen LogP contribution is -2.36. The molecule has 1 aromatic carbocycles. The number of hydrogen-bond donors (Lipinski definition) is 1. The predicted octanol–water partition coefficient (Wildman–Crippen LogP) is 2.58. The number of Topliss-reactive ketones (excluding diaryl/α,β-unsaturated/α-hetero) is 1. The second-order valence-electron chi connectivity index (χ2n) is 6.06. The summed E-state index contributed by atoms with van der Waals surface area (Å²) in [6.45, 7) is 9.66. The van der Waals surface area contributed by atoms with Gasteiger partial charge >= 0.3 is 0 Å². The van der Waals surface area contributed by atoms with Gasteiger partial charge in [-0.05, 0) is 25.0 Å². The highest BCUT2D eigenvalue weighted by Crippen LogP contribution is 2.14. The topological polar surface area (TPSA) is 46.2 Å². The zero-order valence-electron chi connectivity index (χ0n) is 12.5. The molecular weight excluding hydrogens is 238 g/mol. The zero-order chi connectivity index (χ0) is 14.6. The fourth-order valence-electron chi connectivity index (χ4n) is 1.67. The maximum atomic E-state index is 11.8. The average Bonchev–Trinajstić information content (AvgIpc) is 2.29. The van der Waals surface area contributed by atoms with Crippen LogP contribution in [-0.4, -0.2) is 18.2 Å². The lowest BCUT2D eigenvalue weighted by molar-refractivity contribution is -0.128. The number of hydrogen-bond acceptors (Lipinski definition) is 2. The summed E-state index contributed by atoms with van der Waals surface area (Å²) in [5.74, 6) is -0.0619. The Labute approximate surface area is 115 Å². The Balaban J connectivity index is 2.57. The van der Waals surface area contributed by atoms with Gasteiger partial charge in [-0.15, -0.1) is 0 Å². The van der Waals surface area contributed by atoms with Crippen molar-refractivity contribution in [1.82, 2.24) is 5.32 Å². The van der Waals surface area contributed by atoms with Crippen LogP contribution < -0.4 is 5.32 Å². The molecule has 3 nitrogen and oxygen atoms in total. The highest BCUT2D eigenvalue weighted by Gasteiger charge is 2.21. The van der Waals surface area contributed by atoms with Gasteiger partial charge in [0, 0.05) is 5.41 Å². The molecule has 0 saturated carbocycles. The van der Waals surface area contributed by atoms with Crippen LogP contribution in [0.2, 0.25) is 0 Å². The molecule has 0 spiro atoms. The molecule has 1 aromatic rings. The van der Waals surface area contributed by atoms with E-state index in [0.717, 1.165) is 16.7 Å². The molecule has 3 heteroatoms. The monoisotopic (exact) mass is 261 g/mol. The Hall–Kier alpha value is -1.64. The summed E-state index contributed by atoms with van der Waals surface area (Å²) in [6, 6.07) is 6.05. The van der Waals surface area contributed by atoms with Gasteiger partial charge in [-0.25, -0.2) is 0 Å². The Bertz CT molecular complexity index is 484. The van der Waals surface area contributed by atoms with Gasteiger partial charge in [0.2, 0.25) is 5.91 Å². The average molecular weight is 261 g/mol. The molecule has 1 rings (SSSR count). The van der Waals surface area contributed by atoms with Crippen molar-refractivity contribution >= 4 is 11.7 Å². The number of nitrogens with one attached hydrogen (secondary N) is 1. The second-order valence-corrected chi connectivity index (χ2v) is 6.06. The van der Waals surface area contributed by atoms with Crippen molar-refractivity contribution in [2.45, 2.75) is 41.0 Å². The van der Waals surface area contributed by atoms with Crippen molar-refractivity contribution in [2.24, 2.45) is 5.41 Å². The van der Waals surface area contributed by atoms with E-state index in [2.05, 4.69) is 5.32 Å². The van der Waals surface area contributed by atoms with Crippen LogP contribution in [0.15, 0.2) is 18.2 Å². The molecule has 19 heavy (non-hydrogen) atoms. The first-order valence-electron chi connectivity index (χ1n) is 6.56. The van der Waals surface area contributed by atoms with Gasteiger partial charge in [-0.3, -0.25) is 9.59 Å². The van der Waals surface area contributed by atoms with Crippen molar-refractivity contribution in [3.05, 3.63) is 34.9 Å². The van der Waals surface area contributed by atoms with E-state index >= 15 is 0 Å². The van der Waals surface area contributed by atoms with E-state index in [1.54, 1.807) is 0 Å². The summed E-state index contributed by atoms with van der Waals surface area (Å²) in [7, 11) is 0. The number of rotatable bonds is 4. The number of amides is 1. The van der Waals surface area contributed by atoms with Gasteiger partial charge in [0.25, 0.3) is 0 Å². The first-order chi connectivity index (χ1) is 8.70. The summed E-state index contributed by atoms with van der Waals surface area (Å²) in [4.78, 5) is 23.6. The smallest absolute Gasteiger partial charge is 0.224 e. The number of ketones is 1. The van der Waals surface area contributed by atoms with Crippen LogP contribution in [0, 0.1) is 19.3 Å². The SMILES string of the molecule is Cc1ccc(C)c(CC(=O)NCC(=O)C(C)(C)C)c1. The normalized spacial score (nSPS) is 11.2. The lowest BCUT2D eigenvalue weighted by Gasteiger charge is -2.16. The van der Waals surface area contributed by atoms with Crippen LogP contribution in [0.5, 0.6) is 0 Å². The summed E-state index contributed by atoms with van der Waals surface area (Å²) >= 11 is 0. The van der Waals surface area contributed by atoms with Crippen LogP contribution in [0.1, 0.15) is 37.5 Å². The van der Waals surface area contributed by atoms with Crippen molar-refractivity contribution in [1.29, 1.82) is 0 Å². The molecule has 0 unspecified atom stereocenters. The van der Waals surface area contributed by atoms with Gasteiger partial charge in [0.15, 0.2) is 5.78 Å². The van der Waals surface area contributed by atoms with Gasteiger partial charge in [0.1, 0.15) is 0 Å². The third kappa shape index (κ3) is 4.86. The van der Waals surface area contributed by atoms with Gasteiger partial charge < -0.3 is 5.32 Å². The first-order valence-corrected chi connectivity index (χ1v) is 6.56. The quantitative estimate of drug-likeness (QED) is 0.905. The van der Waals surface area contributed by atoms with Gasteiger partial charge in [-0.1, -0.05) is 44.5 Å². The number of carbonyl (C=O) groups is 2. The standard InChI is InChI=1S/C16H23NO2/c1-11-6-7-12(2)13(8-11)9-15(19)17-10-14(18)16(3,4)5/h6-8H,9-10H2,1-5H3,(H,17,19).